The van der Waals surface area contributed by atoms with Crippen molar-refractivity contribution in [2.45, 2.75) is 18.4 Å². The number of rotatable bonds is 7. The molecule has 0 radical (unpaired) electrons. The van der Waals surface area contributed by atoms with Crippen molar-refractivity contribution in [1.82, 2.24) is 5.32 Å². The van der Waals surface area contributed by atoms with Crippen molar-refractivity contribution < 1.29 is 22.0 Å². The number of amides is 1. The molecule has 0 spiro atoms. The van der Waals surface area contributed by atoms with Gasteiger partial charge in [-0.2, -0.15) is 0 Å². The molecule has 0 aliphatic rings. The van der Waals surface area contributed by atoms with E-state index in [4.69, 9.17) is 4.42 Å². The molecule has 0 saturated heterocycles. The minimum absolute atomic E-state index is 0.0276. The number of hydrogen-bond acceptors (Lipinski definition) is 4. The highest BCUT2D eigenvalue weighted by Gasteiger charge is 2.29. The lowest BCUT2D eigenvalue weighted by Crippen LogP contribution is -2.41. The van der Waals surface area contributed by atoms with Gasteiger partial charge in [0.1, 0.15) is 18.1 Å². The lowest BCUT2D eigenvalue weighted by atomic mass is 10.2. The summed E-state index contributed by atoms with van der Waals surface area (Å²) >= 11 is 0. The number of para-hydroxylation sites is 1. The highest BCUT2D eigenvalue weighted by Crippen LogP contribution is 2.26. The molecule has 0 bridgehead atoms. The van der Waals surface area contributed by atoms with Crippen LogP contribution in [-0.4, -0.2) is 20.9 Å². The van der Waals surface area contributed by atoms with E-state index >= 15 is 0 Å². The number of nitrogens with one attached hydrogen (secondary N) is 1. The Morgan fingerprint density at radius 2 is 1.79 bits per heavy atom. The van der Waals surface area contributed by atoms with E-state index in [2.05, 4.69) is 5.32 Å². The van der Waals surface area contributed by atoms with Gasteiger partial charge >= 0.3 is 0 Å². The van der Waals surface area contributed by atoms with Crippen molar-refractivity contribution >= 4 is 21.6 Å². The first-order valence-corrected chi connectivity index (χ1v) is 9.95. The number of benzene rings is 2. The highest BCUT2D eigenvalue weighted by molar-refractivity contribution is 7.92. The van der Waals surface area contributed by atoms with Crippen LogP contribution in [0.4, 0.5) is 10.1 Å². The van der Waals surface area contributed by atoms with Crippen LogP contribution < -0.4 is 9.62 Å². The summed E-state index contributed by atoms with van der Waals surface area (Å²) < 4.78 is 46.5. The second kappa shape index (κ2) is 8.26. The molecular weight excluding hydrogens is 383 g/mol. The summed E-state index contributed by atoms with van der Waals surface area (Å²) in [5, 5.41) is 2.58. The Morgan fingerprint density at radius 1 is 1.07 bits per heavy atom. The van der Waals surface area contributed by atoms with E-state index in [1.807, 2.05) is 6.92 Å². The van der Waals surface area contributed by atoms with Gasteiger partial charge < -0.3 is 9.73 Å². The van der Waals surface area contributed by atoms with Crippen LogP contribution in [0.2, 0.25) is 0 Å². The van der Waals surface area contributed by atoms with E-state index < -0.39 is 28.3 Å². The first-order valence-electron chi connectivity index (χ1n) is 8.51. The molecule has 1 N–H and O–H groups in total. The quantitative estimate of drug-likeness (QED) is 0.658. The summed E-state index contributed by atoms with van der Waals surface area (Å²) in [4.78, 5) is 12.4. The van der Waals surface area contributed by atoms with Gasteiger partial charge in [-0.15, -0.1) is 0 Å². The molecule has 0 saturated carbocycles. The molecule has 28 heavy (non-hydrogen) atoms. The Balaban J connectivity index is 1.90. The number of aryl methyl sites for hydroxylation is 1. The predicted molar refractivity (Wildman–Crippen MR) is 103 cm³/mol. The van der Waals surface area contributed by atoms with Crippen molar-refractivity contribution in [3.05, 3.63) is 84.1 Å². The van der Waals surface area contributed by atoms with Gasteiger partial charge in [-0.3, -0.25) is 9.10 Å². The molecular formula is C20H19FN2O4S. The van der Waals surface area contributed by atoms with Crippen LogP contribution in [0.15, 0.2) is 76.2 Å². The zero-order valence-corrected chi connectivity index (χ0v) is 15.9. The number of carbonyl (C=O) groups is 1. The standard InChI is InChI=1S/C20H19FN2O4S/c1-15-8-10-17(11-9-15)28(25,26)23(19-7-3-2-6-18(19)21)14-20(24)22-13-16-5-4-12-27-16/h2-12H,13-14H2,1H3,(H,22,24). The molecule has 0 atom stereocenters. The van der Waals surface area contributed by atoms with Crippen molar-refractivity contribution in [3.8, 4) is 0 Å². The molecule has 8 heteroatoms. The summed E-state index contributed by atoms with van der Waals surface area (Å²) in [6.07, 6.45) is 1.47. The van der Waals surface area contributed by atoms with Crippen LogP contribution in [0.3, 0.4) is 0 Å². The third-order valence-electron chi connectivity index (χ3n) is 4.06. The average molecular weight is 402 g/mol. The second-order valence-corrected chi connectivity index (χ2v) is 7.99. The van der Waals surface area contributed by atoms with E-state index in [9.17, 15) is 17.6 Å². The number of furan rings is 1. The Hall–Kier alpha value is -3.13. The molecule has 2 aromatic carbocycles. The summed E-state index contributed by atoms with van der Waals surface area (Å²) in [6.45, 7) is 1.35. The molecule has 1 heterocycles. The number of hydrogen-bond donors (Lipinski definition) is 1. The number of halogens is 1. The zero-order chi connectivity index (χ0) is 20.1. The largest absolute Gasteiger partial charge is 0.467 e. The number of anilines is 1. The topological polar surface area (TPSA) is 79.6 Å². The summed E-state index contributed by atoms with van der Waals surface area (Å²) in [6, 6.07) is 14.9. The summed E-state index contributed by atoms with van der Waals surface area (Å²) in [5.41, 5.74) is 0.684. The zero-order valence-electron chi connectivity index (χ0n) is 15.1. The average Bonchev–Trinajstić information content (AvgIpc) is 3.19. The van der Waals surface area contributed by atoms with Crippen molar-refractivity contribution in [1.29, 1.82) is 0 Å². The van der Waals surface area contributed by atoms with Gasteiger partial charge in [-0.1, -0.05) is 29.8 Å². The van der Waals surface area contributed by atoms with E-state index in [1.54, 1.807) is 24.3 Å². The fourth-order valence-corrected chi connectivity index (χ4v) is 4.01. The Labute approximate surface area is 162 Å². The summed E-state index contributed by atoms with van der Waals surface area (Å²) in [5.74, 6) is -0.806. The molecule has 146 valence electrons. The molecule has 1 amide bonds. The molecule has 3 aromatic rings. The SMILES string of the molecule is Cc1ccc(S(=O)(=O)N(CC(=O)NCc2ccco2)c2ccccc2F)cc1. The van der Waals surface area contributed by atoms with Gasteiger partial charge in [0, 0.05) is 0 Å². The monoisotopic (exact) mass is 402 g/mol. The van der Waals surface area contributed by atoms with Crippen LogP contribution in [0.25, 0.3) is 0 Å². The molecule has 3 rings (SSSR count). The Bertz CT molecular complexity index is 1050. The normalized spacial score (nSPS) is 11.2. The molecule has 0 aliphatic carbocycles. The van der Waals surface area contributed by atoms with E-state index in [-0.39, 0.29) is 17.1 Å². The van der Waals surface area contributed by atoms with Crippen molar-refractivity contribution in [3.63, 3.8) is 0 Å². The van der Waals surface area contributed by atoms with Gasteiger partial charge in [0.05, 0.1) is 23.4 Å². The molecule has 1 aromatic heterocycles. The fraction of sp³-hybridized carbons (Fsp3) is 0.150. The maximum absolute atomic E-state index is 14.4. The third kappa shape index (κ3) is 4.40. The van der Waals surface area contributed by atoms with Gasteiger partial charge in [0.25, 0.3) is 10.0 Å². The minimum atomic E-state index is -4.15. The molecule has 0 aliphatic heterocycles. The van der Waals surface area contributed by atoms with Gasteiger partial charge in [-0.05, 0) is 43.3 Å². The lowest BCUT2D eigenvalue weighted by molar-refractivity contribution is -0.119. The molecule has 0 fully saturated rings. The van der Waals surface area contributed by atoms with Crippen molar-refractivity contribution in [2.75, 3.05) is 10.8 Å². The van der Waals surface area contributed by atoms with E-state index in [0.717, 1.165) is 15.9 Å². The Morgan fingerprint density at radius 3 is 2.43 bits per heavy atom. The lowest BCUT2D eigenvalue weighted by Gasteiger charge is -2.24. The van der Waals surface area contributed by atoms with Crippen LogP contribution in [0, 0.1) is 12.7 Å². The third-order valence-corrected chi connectivity index (χ3v) is 5.83. The first-order chi connectivity index (χ1) is 13.4. The van der Waals surface area contributed by atoms with E-state index in [0.29, 0.717) is 5.76 Å². The van der Waals surface area contributed by atoms with Gasteiger partial charge in [0.15, 0.2) is 0 Å². The number of nitrogens with zero attached hydrogens (tertiary/aromatic N) is 1. The summed E-state index contributed by atoms with van der Waals surface area (Å²) in [7, 11) is -4.15. The minimum Gasteiger partial charge on any atom is -0.467 e. The first kappa shape index (κ1) is 19.6. The van der Waals surface area contributed by atoms with Crippen molar-refractivity contribution in [2.24, 2.45) is 0 Å². The maximum atomic E-state index is 14.4. The molecule has 6 nitrogen and oxygen atoms in total. The van der Waals surface area contributed by atoms with Crippen LogP contribution in [0.1, 0.15) is 11.3 Å². The maximum Gasteiger partial charge on any atom is 0.264 e. The molecule has 0 unspecified atom stereocenters. The highest BCUT2D eigenvalue weighted by atomic mass is 32.2. The van der Waals surface area contributed by atoms with Gasteiger partial charge in [-0.25, -0.2) is 12.8 Å². The number of sulfonamides is 1. The van der Waals surface area contributed by atoms with Crippen LogP contribution >= 0.6 is 0 Å². The smallest absolute Gasteiger partial charge is 0.264 e. The van der Waals surface area contributed by atoms with Gasteiger partial charge in [0.2, 0.25) is 5.91 Å². The predicted octanol–water partition coefficient (Wildman–Crippen LogP) is 3.24. The van der Waals surface area contributed by atoms with E-state index in [1.165, 1.54) is 36.6 Å². The Kier molecular flexibility index (Phi) is 5.79. The van der Waals surface area contributed by atoms with Crippen LogP contribution in [-0.2, 0) is 21.4 Å². The second-order valence-electron chi connectivity index (χ2n) is 6.13. The fourth-order valence-electron chi connectivity index (χ4n) is 2.58. The van der Waals surface area contributed by atoms with Crippen LogP contribution in [0.5, 0.6) is 0 Å². The number of carbonyl (C=O) groups excluding carboxylic acids is 1.